The number of carbonyl (C=O) groups excluding carboxylic acids is 1. The molecular formula is C23H24N6O. The van der Waals surface area contributed by atoms with Crippen LogP contribution in [0.5, 0.6) is 0 Å². The molecule has 1 aliphatic rings. The van der Waals surface area contributed by atoms with Crippen molar-refractivity contribution in [2.24, 2.45) is 5.92 Å². The van der Waals surface area contributed by atoms with Crippen LogP contribution in [0.25, 0.3) is 28.2 Å². The van der Waals surface area contributed by atoms with Gasteiger partial charge in [0.1, 0.15) is 11.4 Å². The summed E-state index contributed by atoms with van der Waals surface area (Å²) < 4.78 is 4.01. The van der Waals surface area contributed by atoms with Gasteiger partial charge in [0.05, 0.1) is 23.6 Å². The molecule has 7 heteroatoms. The van der Waals surface area contributed by atoms with E-state index in [0.29, 0.717) is 30.6 Å². The van der Waals surface area contributed by atoms with Crippen molar-refractivity contribution in [3.63, 3.8) is 0 Å². The van der Waals surface area contributed by atoms with Crippen LogP contribution >= 0.6 is 0 Å². The Morgan fingerprint density at radius 1 is 1.10 bits per heavy atom. The zero-order valence-corrected chi connectivity index (χ0v) is 17.0. The normalized spacial score (nSPS) is 18.8. The summed E-state index contributed by atoms with van der Waals surface area (Å²) in [5, 5.41) is 8.52. The Morgan fingerprint density at radius 2 is 2.00 bits per heavy atom. The zero-order valence-electron chi connectivity index (χ0n) is 17.0. The van der Waals surface area contributed by atoms with Crippen LogP contribution in [0.1, 0.15) is 45.1 Å². The van der Waals surface area contributed by atoms with Gasteiger partial charge in [-0.2, -0.15) is 0 Å². The molecule has 4 heterocycles. The summed E-state index contributed by atoms with van der Waals surface area (Å²) in [5.74, 6) is 0.811. The lowest BCUT2D eigenvalue weighted by Crippen LogP contribution is -2.10. The number of ketones is 1. The molecule has 2 atom stereocenters. The molecule has 4 aromatic heterocycles. The Morgan fingerprint density at radius 3 is 2.83 bits per heavy atom. The third kappa shape index (κ3) is 3.51. The summed E-state index contributed by atoms with van der Waals surface area (Å²) in [6, 6.07) is 8.42. The molecule has 5 rings (SSSR count). The largest absolute Gasteiger partial charge is 0.306 e. The van der Waals surface area contributed by atoms with Gasteiger partial charge in [-0.05, 0) is 49.4 Å². The maximum Gasteiger partial charge on any atom is 0.136 e. The van der Waals surface area contributed by atoms with E-state index in [4.69, 9.17) is 0 Å². The third-order valence-electron chi connectivity index (χ3n) is 6.09. The molecule has 1 aliphatic carbocycles. The highest BCUT2D eigenvalue weighted by atomic mass is 16.1. The Labute approximate surface area is 174 Å². The van der Waals surface area contributed by atoms with E-state index in [-0.39, 0.29) is 0 Å². The van der Waals surface area contributed by atoms with Gasteiger partial charge in [0.25, 0.3) is 0 Å². The molecule has 0 unspecified atom stereocenters. The Hall–Kier alpha value is -3.35. The van der Waals surface area contributed by atoms with E-state index in [9.17, 15) is 4.79 Å². The number of rotatable bonds is 6. The lowest BCUT2D eigenvalue weighted by atomic mass is 9.99. The van der Waals surface area contributed by atoms with Crippen LogP contribution in [-0.2, 0) is 4.79 Å². The molecule has 152 valence electrons. The molecule has 0 N–H and O–H groups in total. The SMILES string of the molecule is CCC(=O)C[C@H]1CC[C@@H](n2nncc2-c2ccc(-c3ccc4nccn4c3)nc2)C1. The van der Waals surface area contributed by atoms with Crippen molar-refractivity contribution < 1.29 is 4.79 Å². The number of carbonyl (C=O) groups is 1. The molecule has 0 spiro atoms. The summed E-state index contributed by atoms with van der Waals surface area (Å²) in [4.78, 5) is 20.8. The molecule has 0 aromatic carbocycles. The van der Waals surface area contributed by atoms with Crippen molar-refractivity contribution in [2.75, 3.05) is 0 Å². The quantitative estimate of drug-likeness (QED) is 0.480. The summed E-state index contributed by atoms with van der Waals surface area (Å²) in [6.45, 7) is 1.94. The number of pyridine rings is 2. The van der Waals surface area contributed by atoms with Gasteiger partial charge in [0.2, 0.25) is 0 Å². The van der Waals surface area contributed by atoms with Gasteiger partial charge in [0.15, 0.2) is 0 Å². The Balaban J connectivity index is 1.36. The highest BCUT2D eigenvalue weighted by Crippen LogP contribution is 2.38. The van der Waals surface area contributed by atoms with Crippen molar-refractivity contribution in [3.05, 3.63) is 55.2 Å². The second kappa shape index (κ2) is 7.82. The molecule has 30 heavy (non-hydrogen) atoms. The lowest BCUT2D eigenvalue weighted by molar-refractivity contribution is -0.119. The molecule has 0 bridgehead atoms. The minimum absolute atomic E-state index is 0.292. The Kier molecular flexibility index (Phi) is 4.86. The van der Waals surface area contributed by atoms with Crippen LogP contribution < -0.4 is 0 Å². The summed E-state index contributed by atoms with van der Waals surface area (Å²) >= 11 is 0. The van der Waals surface area contributed by atoms with Crippen molar-refractivity contribution >= 4 is 11.4 Å². The van der Waals surface area contributed by atoms with E-state index in [1.54, 1.807) is 12.4 Å². The van der Waals surface area contributed by atoms with Gasteiger partial charge in [-0.15, -0.1) is 5.10 Å². The first-order valence-corrected chi connectivity index (χ1v) is 10.5. The minimum Gasteiger partial charge on any atom is -0.306 e. The second-order valence-electron chi connectivity index (χ2n) is 8.04. The molecule has 0 amide bonds. The van der Waals surface area contributed by atoms with E-state index >= 15 is 0 Å². The van der Waals surface area contributed by atoms with Crippen molar-refractivity contribution in [2.45, 2.75) is 45.1 Å². The average molecular weight is 400 g/mol. The number of hydrogen-bond donors (Lipinski definition) is 0. The number of nitrogens with zero attached hydrogens (tertiary/aromatic N) is 6. The minimum atomic E-state index is 0.292. The predicted octanol–water partition coefficient (Wildman–Crippen LogP) is 4.37. The standard InChI is InChI=1S/C23H24N6O/c1-2-20(30)12-16-3-6-19(11-16)29-22(14-26-27-29)17-4-7-21(25-13-17)18-5-8-23-24-9-10-28(23)15-18/h4-5,7-10,13-16,19H,2-3,6,11-12H2,1H3/t16-,19+/m0/s1. The molecule has 1 fully saturated rings. The Bertz CT molecular complexity index is 1180. The van der Waals surface area contributed by atoms with E-state index in [0.717, 1.165) is 47.4 Å². The van der Waals surface area contributed by atoms with E-state index < -0.39 is 0 Å². The zero-order chi connectivity index (χ0) is 20.5. The molecule has 4 aromatic rings. The van der Waals surface area contributed by atoms with Gasteiger partial charge in [-0.3, -0.25) is 9.78 Å². The fourth-order valence-corrected chi connectivity index (χ4v) is 4.43. The van der Waals surface area contributed by atoms with Crippen molar-refractivity contribution in [1.82, 2.24) is 29.4 Å². The molecular weight excluding hydrogens is 376 g/mol. The predicted molar refractivity (Wildman–Crippen MR) is 114 cm³/mol. The first kappa shape index (κ1) is 18.7. The molecule has 0 saturated heterocycles. The third-order valence-corrected chi connectivity index (χ3v) is 6.09. The fraction of sp³-hybridized carbons (Fsp3) is 0.348. The number of aromatic nitrogens is 6. The smallest absolute Gasteiger partial charge is 0.136 e. The first-order valence-electron chi connectivity index (χ1n) is 10.5. The average Bonchev–Trinajstić information content (AvgIpc) is 3.53. The van der Waals surface area contributed by atoms with Crippen LogP contribution in [0.2, 0.25) is 0 Å². The van der Waals surface area contributed by atoms with E-state index in [1.165, 1.54) is 0 Å². The number of hydrogen-bond acceptors (Lipinski definition) is 5. The fourth-order valence-electron chi connectivity index (χ4n) is 4.43. The molecule has 0 aliphatic heterocycles. The number of fused-ring (bicyclic) bond motifs is 1. The van der Waals surface area contributed by atoms with Gasteiger partial charge < -0.3 is 4.40 Å². The first-order chi connectivity index (χ1) is 14.7. The van der Waals surface area contributed by atoms with Crippen LogP contribution in [-0.4, -0.2) is 35.1 Å². The topological polar surface area (TPSA) is 78.0 Å². The number of Topliss-reactive ketones (excluding diaryl/α,β-unsaturated/α-hetero) is 1. The highest BCUT2D eigenvalue weighted by molar-refractivity contribution is 5.78. The summed E-state index contributed by atoms with van der Waals surface area (Å²) in [5.41, 5.74) is 4.85. The van der Waals surface area contributed by atoms with Gasteiger partial charge in [-0.1, -0.05) is 12.1 Å². The van der Waals surface area contributed by atoms with Gasteiger partial charge in [-0.25, -0.2) is 9.67 Å². The van der Waals surface area contributed by atoms with E-state index in [2.05, 4.69) is 26.3 Å². The summed E-state index contributed by atoms with van der Waals surface area (Å²) in [7, 11) is 0. The van der Waals surface area contributed by atoms with Gasteiger partial charge in [0, 0.05) is 48.8 Å². The van der Waals surface area contributed by atoms with Gasteiger partial charge >= 0.3 is 0 Å². The maximum atomic E-state index is 11.8. The number of imidazole rings is 1. The van der Waals surface area contributed by atoms with Crippen LogP contribution in [0.3, 0.4) is 0 Å². The van der Waals surface area contributed by atoms with Crippen LogP contribution in [0, 0.1) is 5.92 Å². The van der Waals surface area contributed by atoms with Crippen molar-refractivity contribution in [3.8, 4) is 22.5 Å². The van der Waals surface area contributed by atoms with E-state index in [1.807, 2.05) is 52.8 Å². The monoisotopic (exact) mass is 400 g/mol. The molecule has 0 radical (unpaired) electrons. The lowest BCUT2D eigenvalue weighted by Gasteiger charge is -2.14. The van der Waals surface area contributed by atoms with Crippen LogP contribution in [0.15, 0.2) is 55.2 Å². The van der Waals surface area contributed by atoms with Crippen LogP contribution in [0.4, 0.5) is 0 Å². The second-order valence-corrected chi connectivity index (χ2v) is 8.04. The maximum absolute atomic E-state index is 11.8. The highest BCUT2D eigenvalue weighted by Gasteiger charge is 2.29. The van der Waals surface area contributed by atoms with Crippen molar-refractivity contribution in [1.29, 1.82) is 0 Å². The molecule has 7 nitrogen and oxygen atoms in total. The summed E-state index contributed by atoms with van der Waals surface area (Å²) in [6.07, 6.45) is 13.9. The molecule has 1 saturated carbocycles.